The number of aryl methyl sites for hydroxylation is 4. The molecule has 1 heterocycles. The second-order valence-corrected chi connectivity index (χ2v) is 6.36. The molecule has 0 unspecified atom stereocenters. The molecule has 1 aromatic heterocycles. The number of benzene rings is 2. The largest absolute Gasteiger partial charge is 0.292 e. The molecule has 0 fully saturated rings. The molecule has 0 N–H and O–H groups in total. The van der Waals surface area contributed by atoms with Crippen LogP contribution in [0.5, 0.6) is 0 Å². The molecule has 5 heteroatoms. The predicted octanol–water partition coefficient (Wildman–Crippen LogP) is 5.27. The summed E-state index contributed by atoms with van der Waals surface area (Å²) < 4.78 is 1.62. The minimum atomic E-state index is 0.104. The molecular formula is C21H22N4O. The summed E-state index contributed by atoms with van der Waals surface area (Å²) in [5, 5.41) is 12.7. The van der Waals surface area contributed by atoms with Crippen LogP contribution in [-0.2, 0) is 13.5 Å². The molecule has 5 nitrogen and oxygen atoms in total. The first-order valence-electron chi connectivity index (χ1n) is 8.62. The number of Topliss-reactive ketones (excluding diaryl/α,β-unsaturated/α-hetero) is 1. The van der Waals surface area contributed by atoms with Crippen LogP contribution in [0.25, 0.3) is 0 Å². The highest BCUT2D eigenvalue weighted by atomic mass is 16.1. The summed E-state index contributed by atoms with van der Waals surface area (Å²) in [4.78, 5) is 12.3. The topological polar surface area (TPSA) is 59.6 Å². The highest BCUT2D eigenvalue weighted by Gasteiger charge is 2.11. The Labute approximate surface area is 153 Å². The van der Waals surface area contributed by atoms with Gasteiger partial charge in [-0.2, -0.15) is 15.3 Å². The van der Waals surface area contributed by atoms with Crippen molar-refractivity contribution in [1.29, 1.82) is 0 Å². The van der Waals surface area contributed by atoms with Gasteiger partial charge in [0.2, 0.25) is 0 Å². The molecule has 0 saturated heterocycles. The molecule has 2 aromatic carbocycles. The van der Waals surface area contributed by atoms with E-state index in [2.05, 4.69) is 15.3 Å². The predicted molar refractivity (Wildman–Crippen MR) is 102 cm³/mol. The van der Waals surface area contributed by atoms with Gasteiger partial charge in [0.05, 0.1) is 11.4 Å². The van der Waals surface area contributed by atoms with E-state index in [9.17, 15) is 4.79 Å². The van der Waals surface area contributed by atoms with Crippen molar-refractivity contribution >= 4 is 17.2 Å². The van der Waals surface area contributed by atoms with Gasteiger partial charge in [-0.3, -0.25) is 9.48 Å². The van der Waals surface area contributed by atoms with E-state index >= 15 is 0 Å². The first-order valence-corrected chi connectivity index (χ1v) is 8.62. The molecule has 0 saturated carbocycles. The molecule has 3 aromatic rings. The number of azo groups is 1. The number of rotatable bonds is 6. The summed E-state index contributed by atoms with van der Waals surface area (Å²) in [5.41, 5.74) is 5.69. The van der Waals surface area contributed by atoms with Crippen molar-refractivity contribution in [1.82, 2.24) is 9.78 Å². The van der Waals surface area contributed by atoms with Gasteiger partial charge in [0.25, 0.3) is 0 Å². The number of hydrogen-bond acceptors (Lipinski definition) is 4. The summed E-state index contributed by atoms with van der Waals surface area (Å²) in [6, 6.07) is 15.6. The first-order chi connectivity index (χ1) is 12.5. The second kappa shape index (κ2) is 7.87. The lowest BCUT2D eigenvalue weighted by Gasteiger charge is -2.06. The van der Waals surface area contributed by atoms with Gasteiger partial charge in [0.15, 0.2) is 5.78 Å². The van der Waals surface area contributed by atoms with Crippen LogP contribution in [0.4, 0.5) is 11.4 Å². The quantitative estimate of drug-likeness (QED) is 0.451. The smallest absolute Gasteiger partial charge is 0.181 e. The molecule has 0 bridgehead atoms. The normalized spacial score (nSPS) is 11.2. The van der Waals surface area contributed by atoms with E-state index in [1.165, 1.54) is 0 Å². The summed E-state index contributed by atoms with van der Waals surface area (Å²) in [7, 11) is 1.78. The Morgan fingerprint density at radius 2 is 1.85 bits per heavy atom. The number of carbonyl (C=O) groups is 1. The summed E-state index contributed by atoms with van der Waals surface area (Å²) in [6.07, 6.45) is 2.81. The monoisotopic (exact) mass is 346 g/mol. The van der Waals surface area contributed by atoms with Gasteiger partial charge in [0, 0.05) is 19.7 Å². The summed E-state index contributed by atoms with van der Waals surface area (Å²) in [5.74, 6) is 0.104. The van der Waals surface area contributed by atoms with E-state index in [0.29, 0.717) is 18.5 Å². The van der Waals surface area contributed by atoms with Crippen molar-refractivity contribution in [3.05, 3.63) is 77.1 Å². The standard InChI is InChI=1S/C21H22N4O/c1-15-6-4-5-7-19(15)24-23-18-10-8-17(16(2)14-18)9-11-21(26)20-12-13-22-25(20)3/h4-8,10,12-14H,9,11H2,1-3H3. The van der Waals surface area contributed by atoms with Gasteiger partial charge in [0.1, 0.15) is 5.69 Å². The third-order valence-corrected chi connectivity index (χ3v) is 4.44. The fourth-order valence-electron chi connectivity index (χ4n) is 2.83. The zero-order valence-electron chi connectivity index (χ0n) is 15.3. The Kier molecular flexibility index (Phi) is 5.37. The van der Waals surface area contributed by atoms with Gasteiger partial charge in [-0.05, 0) is 61.2 Å². The van der Waals surface area contributed by atoms with Crippen LogP contribution in [0, 0.1) is 13.8 Å². The van der Waals surface area contributed by atoms with Gasteiger partial charge < -0.3 is 0 Å². The van der Waals surface area contributed by atoms with Crippen LogP contribution in [0.15, 0.2) is 65.0 Å². The van der Waals surface area contributed by atoms with Gasteiger partial charge in [-0.25, -0.2) is 0 Å². The number of ketones is 1. The minimum absolute atomic E-state index is 0.104. The van der Waals surface area contributed by atoms with Crippen molar-refractivity contribution < 1.29 is 4.79 Å². The molecule has 26 heavy (non-hydrogen) atoms. The van der Waals surface area contributed by atoms with Crippen molar-refractivity contribution in [2.24, 2.45) is 17.3 Å². The van der Waals surface area contributed by atoms with Crippen LogP contribution >= 0.6 is 0 Å². The molecule has 3 rings (SSSR count). The first kappa shape index (κ1) is 17.7. The molecule has 132 valence electrons. The van der Waals surface area contributed by atoms with Gasteiger partial charge >= 0.3 is 0 Å². The van der Waals surface area contributed by atoms with E-state index in [0.717, 1.165) is 28.1 Å². The number of hydrogen-bond donors (Lipinski definition) is 0. The van der Waals surface area contributed by atoms with Crippen molar-refractivity contribution in [2.45, 2.75) is 26.7 Å². The number of nitrogens with zero attached hydrogens (tertiary/aromatic N) is 4. The Bertz CT molecular complexity index is 956. The number of carbonyl (C=O) groups excluding carboxylic acids is 1. The summed E-state index contributed by atoms with van der Waals surface area (Å²) >= 11 is 0. The van der Waals surface area contributed by atoms with Crippen LogP contribution in [0.1, 0.15) is 33.6 Å². The Morgan fingerprint density at radius 1 is 1.04 bits per heavy atom. The zero-order valence-corrected chi connectivity index (χ0v) is 15.3. The summed E-state index contributed by atoms with van der Waals surface area (Å²) in [6.45, 7) is 4.05. The van der Waals surface area contributed by atoms with Crippen LogP contribution in [0.3, 0.4) is 0 Å². The average molecular weight is 346 g/mol. The molecule has 0 spiro atoms. The van der Waals surface area contributed by atoms with Crippen LogP contribution in [-0.4, -0.2) is 15.6 Å². The molecular weight excluding hydrogens is 324 g/mol. The zero-order chi connectivity index (χ0) is 18.5. The van der Waals surface area contributed by atoms with Crippen LogP contribution < -0.4 is 0 Å². The third kappa shape index (κ3) is 4.11. The molecule has 0 aliphatic rings. The minimum Gasteiger partial charge on any atom is -0.292 e. The Morgan fingerprint density at radius 3 is 2.54 bits per heavy atom. The van der Waals surface area contributed by atoms with E-state index < -0.39 is 0 Å². The van der Waals surface area contributed by atoms with E-state index in [4.69, 9.17) is 0 Å². The Balaban J connectivity index is 1.67. The SMILES string of the molecule is Cc1cc(N=Nc2ccccc2C)ccc1CCC(=O)c1ccnn1C. The lowest BCUT2D eigenvalue weighted by Crippen LogP contribution is -2.08. The lowest BCUT2D eigenvalue weighted by molar-refractivity contribution is 0.0973. The molecule has 0 atom stereocenters. The fraction of sp³-hybridized carbons (Fsp3) is 0.238. The second-order valence-electron chi connectivity index (χ2n) is 6.36. The fourth-order valence-corrected chi connectivity index (χ4v) is 2.83. The van der Waals surface area contributed by atoms with Crippen molar-refractivity contribution in [2.75, 3.05) is 0 Å². The maximum absolute atomic E-state index is 12.3. The number of aromatic nitrogens is 2. The van der Waals surface area contributed by atoms with Gasteiger partial charge in [-0.15, -0.1) is 0 Å². The van der Waals surface area contributed by atoms with Gasteiger partial charge in [-0.1, -0.05) is 24.3 Å². The highest BCUT2D eigenvalue weighted by Crippen LogP contribution is 2.24. The maximum atomic E-state index is 12.3. The van der Waals surface area contributed by atoms with E-state index in [1.54, 1.807) is 24.0 Å². The lowest BCUT2D eigenvalue weighted by atomic mass is 10.0. The van der Waals surface area contributed by atoms with Crippen molar-refractivity contribution in [3.63, 3.8) is 0 Å². The average Bonchev–Trinajstić information content (AvgIpc) is 3.06. The molecule has 0 amide bonds. The van der Waals surface area contributed by atoms with Crippen LogP contribution in [0.2, 0.25) is 0 Å². The molecule has 0 aliphatic carbocycles. The molecule has 0 radical (unpaired) electrons. The van der Waals surface area contributed by atoms with E-state index in [1.807, 2.05) is 56.3 Å². The Hall–Kier alpha value is -3.08. The van der Waals surface area contributed by atoms with Crippen molar-refractivity contribution in [3.8, 4) is 0 Å². The maximum Gasteiger partial charge on any atom is 0.181 e. The highest BCUT2D eigenvalue weighted by molar-refractivity contribution is 5.94. The third-order valence-electron chi connectivity index (χ3n) is 4.44. The van der Waals surface area contributed by atoms with E-state index in [-0.39, 0.29) is 5.78 Å². The molecule has 0 aliphatic heterocycles.